The monoisotopic (exact) mass is 356 g/mol. The van der Waals surface area contributed by atoms with Crippen molar-refractivity contribution in [3.8, 4) is 5.75 Å². The number of nitrogens with one attached hydrogen (secondary N) is 1. The van der Waals surface area contributed by atoms with Gasteiger partial charge in [0.05, 0.1) is 12.7 Å². The number of fused-ring (bicyclic) bond motifs is 1. The third kappa shape index (κ3) is 3.45. The van der Waals surface area contributed by atoms with E-state index in [9.17, 15) is 9.59 Å². The number of hydrogen-bond donors (Lipinski definition) is 2. The average molecular weight is 356 g/mol. The van der Waals surface area contributed by atoms with E-state index in [1.54, 1.807) is 7.11 Å². The maximum absolute atomic E-state index is 12.8. The van der Waals surface area contributed by atoms with Crippen molar-refractivity contribution in [2.24, 2.45) is 0 Å². The molecule has 1 saturated carbocycles. The Morgan fingerprint density at radius 1 is 1.35 bits per heavy atom. The van der Waals surface area contributed by atoms with Crippen LogP contribution in [0.5, 0.6) is 5.75 Å². The second-order valence-electron chi connectivity index (χ2n) is 6.60. The van der Waals surface area contributed by atoms with Crippen molar-refractivity contribution in [2.75, 3.05) is 13.7 Å². The molecule has 1 fully saturated rings. The average Bonchev–Trinajstić information content (AvgIpc) is 3.22. The number of carboxylic acids is 1. The molecule has 0 atom stereocenters. The molecule has 1 amide bonds. The second kappa shape index (κ2) is 7.64. The van der Waals surface area contributed by atoms with Gasteiger partial charge in [-0.1, -0.05) is 18.9 Å². The summed E-state index contributed by atoms with van der Waals surface area (Å²) in [6.07, 6.45) is 7.12. The third-order valence-electron chi connectivity index (χ3n) is 5.01. The number of methoxy groups -OCH3 is 1. The standard InChI is InChI=1S/C20H24N2O4/c1-13-19(20(25)21-11-5-8-18(23)24)16-12-15(26-2)9-10-17(16)22(13)14-6-3-4-7-14/h5,8-10,12,14H,3-4,6-7,11H2,1-2H3,(H,21,25)(H,23,24)/b8-5+. The van der Waals surface area contributed by atoms with E-state index >= 15 is 0 Å². The summed E-state index contributed by atoms with van der Waals surface area (Å²) in [7, 11) is 1.61. The molecule has 1 aliphatic carbocycles. The van der Waals surface area contributed by atoms with Crippen LogP contribution in [0.15, 0.2) is 30.4 Å². The lowest BCUT2D eigenvalue weighted by Crippen LogP contribution is -2.24. The van der Waals surface area contributed by atoms with Crippen LogP contribution in [0.3, 0.4) is 0 Å². The van der Waals surface area contributed by atoms with Crippen molar-refractivity contribution in [3.05, 3.63) is 41.6 Å². The summed E-state index contributed by atoms with van der Waals surface area (Å²) in [6.45, 7) is 2.15. The van der Waals surface area contributed by atoms with E-state index in [0.29, 0.717) is 17.4 Å². The highest BCUT2D eigenvalue weighted by molar-refractivity contribution is 6.09. The zero-order valence-corrected chi connectivity index (χ0v) is 15.1. The highest BCUT2D eigenvalue weighted by Gasteiger charge is 2.26. The Hall–Kier alpha value is -2.76. The Balaban J connectivity index is 2.00. The first-order chi connectivity index (χ1) is 12.5. The fourth-order valence-corrected chi connectivity index (χ4v) is 3.87. The predicted octanol–water partition coefficient (Wildman–Crippen LogP) is 3.44. The molecule has 1 aliphatic rings. The molecular weight excluding hydrogens is 332 g/mol. The maximum atomic E-state index is 12.8. The lowest BCUT2D eigenvalue weighted by Gasteiger charge is -2.16. The number of amides is 1. The smallest absolute Gasteiger partial charge is 0.328 e. The maximum Gasteiger partial charge on any atom is 0.328 e. The second-order valence-corrected chi connectivity index (χ2v) is 6.60. The fraction of sp³-hybridized carbons (Fsp3) is 0.400. The molecule has 2 N–H and O–H groups in total. The third-order valence-corrected chi connectivity index (χ3v) is 5.01. The zero-order valence-electron chi connectivity index (χ0n) is 15.1. The fourth-order valence-electron chi connectivity index (χ4n) is 3.87. The van der Waals surface area contributed by atoms with Gasteiger partial charge in [0.2, 0.25) is 0 Å². The van der Waals surface area contributed by atoms with Gasteiger partial charge in [0.25, 0.3) is 5.91 Å². The van der Waals surface area contributed by atoms with Gasteiger partial charge in [0.1, 0.15) is 5.75 Å². The van der Waals surface area contributed by atoms with Gasteiger partial charge in [0, 0.05) is 35.3 Å². The summed E-state index contributed by atoms with van der Waals surface area (Å²) >= 11 is 0. The van der Waals surface area contributed by atoms with Crippen LogP contribution in [0, 0.1) is 6.92 Å². The Bertz CT molecular complexity index is 860. The number of carboxylic acid groups (broad SMARTS) is 1. The summed E-state index contributed by atoms with van der Waals surface area (Å²) in [4.78, 5) is 23.4. The molecule has 0 saturated heterocycles. The van der Waals surface area contributed by atoms with Gasteiger partial charge in [-0.25, -0.2) is 4.79 Å². The molecule has 1 aromatic heterocycles. The molecule has 6 nitrogen and oxygen atoms in total. The molecule has 2 aromatic rings. The number of carbonyl (C=O) groups excluding carboxylic acids is 1. The van der Waals surface area contributed by atoms with Crippen LogP contribution >= 0.6 is 0 Å². The van der Waals surface area contributed by atoms with E-state index in [0.717, 1.165) is 35.5 Å². The molecule has 6 heteroatoms. The first kappa shape index (κ1) is 18.0. The summed E-state index contributed by atoms with van der Waals surface area (Å²) in [5, 5.41) is 12.3. The molecule has 0 radical (unpaired) electrons. The van der Waals surface area contributed by atoms with Crippen molar-refractivity contribution in [1.82, 2.24) is 9.88 Å². The molecule has 0 unspecified atom stereocenters. The highest BCUT2D eigenvalue weighted by atomic mass is 16.5. The Morgan fingerprint density at radius 3 is 2.73 bits per heavy atom. The molecule has 3 rings (SSSR count). The largest absolute Gasteiger partial charge is 0.497 e. The van der Waals surface area contributed by atoms with Crippen LogP contribution in [0.25, 0.3) is 10.9 Å². The van der Waals surface area contributed by atoms with Crippen molar-refractivity contribution < 1.29 is 19.4 Å². The van der Waals surface area contributed by atoms with Crippen LogP contribution in [0.1, 0.15) is 47.8 Å². The minimum atomic E-state index is -1.03. The molecule has 1 heterocycles. The molecule has 0 bridgehead atoms. The Kier molecular flexibility index (Phi) is 5.30. The van der Waals surface area contributed by atoms with Gasteiger partial charge in [0.15, 0.2) is 0 Å². The number of rotatable bonds is 6. The summed E-state index contributed by atoms with van der Waals surface area (Å²) < 4.78 is 7.62. The zero-order chi connectivity index (χ0) is 18.7. The minimum Gasteiger partial charge on any atom is -0.497 e. The molecule has 138 valence electrons. The number of aromatic nitrogens is 1. The van der Waals surface area contributed by atoms with E-state index in [1.165, 1.54) is 18.9 Å². The SMILES string of the molecule is COc1ccc2c(c1)c(C(=O)NC/C=C/C(=O)O)c(C)n2C1CCCC1. The lowest BCUT2D eigenvalue weighted by molar-refractivity contribution is -0.131. The van der Waals surface area contributed by atoms with E-state index in [-0.39, 0.29) is 12.5 Å². The number of benzene rings is 1. The Labute approximate surface area is 152 Å². The van der Waals surface area contributed by atoms with Gasteiger partial charge in [-0.05, 0) is 38.0 Å². The van der Waals surface area contributed by atoms with Gasteiger partial charge in [-0.15, -0.1) is 0 Å². The molecular formula is C20H24N2O4. The van der Waals surface area contributed by atoms with Gasteiger partial charge >= 0.3 is 5.97 Å². The van der Waals surface area contributed by atoms with Crippen LogP contribution in [0.2, 0.25) is 0 Å². The van der Waals surface area contributed by atoms with E-state index < -0.39 is 5.97 Å². The van der Waals surface area contributed by atoms with Gasteiger partial charge < -0.3 is 19.7 Å². The topological polar surface area (TPSA) is 80.6 Å². The number of ether oxygens (including phenoxy) is 1. The van der Waals surface area contributed by atoms with Crippen molar-refractivity contribution in [3.63, 3.8) is 0 Å². The van der Waals surface area contributed by atoms with E-state index in [1.807, 2.05) is 25.1 Å². The predicted molar refractivity (Wildman–Crippen MR) is 99.8 cm³/mol. The summed E-state index contributed by atoms with van der Waals surface area (Å²) in [6, 6.07) is 6.25. The number of aliphatic carboxylic acids is 1. The van der Waals surface area contributed by atoms with Crippen LogP contribution in [-0.2, 0) is 4.79 Å². The van der Waals surface area contributed by atoms with Crippen molar-refractivity contribution in [1.29, 1.82) is 0 Å². The molecule has 1 aromatic carbocycles. The number of carbonyl (C=O) groups is 2. The highest BCUT2D eigenvalue weighted by Crippen LogP contribution is 2.38. The first-order valence-corrected chi connectivity index (χ1v) is 8.89. The lowest BCUT2D eigenvalue weighted by atomic mass is 10.1. The number of nitrogens with zero attached hydrogens (tertiary/aromatic N) is 1. The van der Waals surface area contributed by atoms with E-state index in [2.05, 4.69) is 9.88 Å². The first-order valence-electron chi connectivity index (χ1n) is 8.89. The quantitative estimate of drug-likeness (QED) is 0.777. The van der Waals surface area contributed by atoms with E-state index in [4.69, 9.17) is 9.84 Å². The summed E-state index contributed by atoms with van der Waals surface area (Å²) in [5.74, 6) is -0.522. The van der Waals surface area contributed by atoms with Crippen LogP contribution in [0.4, 0.5) is 0 Å². The van der Waals surface area contributed by atoms with Gasteiger partial charge in [-0.2, -0.15) is 0 Å². The summed E-state index contributed by atoms with van der Waals surface area (Å²) in [5.41, 5.74) is 2.62. The minimum absolute atomic E-state index is 0.171. The van der Waals surface area contributed by atoms with Crippen LogP contribution in [-0.4, -0.2) is 35.2 Å². The van der Waals surface area contributed by atoms with Crippen LogP contribution < -0.4 is 10.1 Å². The van der Waals surface area contributed by atoms with Crippen molar-refractivity contribution >= 4 is 22.8 Å². The van der Waals surface area contributed by atoms with Crippen molar-refractivity contribution in [2.45, 2.75) is 38.6 Å². The molecule has 0 aliphatic heterocycles. The normalized spacial score (nSPS) is 15.0. The molecule has 26 heavy (non-hydrogen) atoms. The van der Waals surface area contributed by atoms with Gasteiger partial charge in [-0.3, -0.25) is 4.79 Å². The Morgan fingerprint density at radius 2 is 2.08 bits per heavy atom. The molecule has 0 spiro atoms. The number of hydrogen-bond acceptors (Lipinski definition) is 3.